The number of rotatable bonds is 2. The van der Waals surface area contributed by atoms with Gasteiger partial charge in [-0.05, 0) is 13.8 Å². The van der Waals surface area contributed by atoms with Gasteiger partial charge in [0.05, 0.1) is 13.2 Å². The highest BCUT2D eigenvalue weighted by Crippen LogP contribution is 1.92. The van der Waals surface area contributed by atoms with Crippen LogP contribution in [0, 0.1) is 0 Å². The summed E-state index contributed by atoms with van der Waals surface area (Å²) in [5.41, 5.74) is 0. The summed E-state index contributed by atoms with van der Waals surface area (Å²) in [5, 5.41) is 0. The Bertz CT molecular complexity index is 264. The third kappa shape index (κ3) is 5.58. The molecule has 0 spiro atoms. The molecule has 0 saturated carbocycles. The Balaban J connectivity index is 4.04. The number of carbonyl (C=O) groups excluding carboxylic acids is 4. The number of hydrogen-bond acceptors (Lipinski definition) is 8. The van der Waals surface area contributed by atoms with Crippen LogP contribution in [-0.4, -0.2) is 37.5 Å². The van der Waals surface area contributed by atoms with Crippen LogP contribution >= 0.6 is 0 Å². The molecule has 0 aromatic carbocycles. The first-order valence-corrected chi connectivity index (χ1v) is 4.28. The van der Waals surface area contributed by atoms with Gasteiger partial charge in [0.15, 0.2) is 0 Å². The molecule has 0 radical (unpaired) electrons. The van der Waals surface area contributed by atoms with Crippen molar-refractivity contribution in [2.24, 2.45) is 0 Å². The van der Waals surface area contributed by atoms with Crippen molar-refractivity contribution < 1.29 is 38.1 Å². The molecule has 0 aromatic heterocycles. The fourth-order valence-electron chi connectivity index (χ4n) is 0.529. The molecule has 16 heavy (non-hydrogen) atoms. The standard InChI is InChI=1S/C8H10O8/c1-3-13-7(11)15-5(9)6(10)16-8(12)14-4-2/h3-4H2,1-2H3. The van der Waals surface area contributed by atoms with Gasteiger partial charge in [-0.15, -0.1) is 0 Å². The van der Waals surface area contributed by atoms with E-state index >= 15 is 0 Å². The Morgan fingerprint density at radius 3 is 1.31 bits per heavy atom. The zero-order valence-electron chi connectivity index (χ0n) is 8.68. The zero-order chi connectivity index (χ0) is 12.6. The molecular formula is C8H10O8. The highest BCUT2D eigenvalue weighted by molar-refractivity contribution is 6.32. The van der Waals surface area contributed by atoms with Gasteiger partial charge in [-0.2, -0.15) is 0 Å². The van der Waals surface area contributed by atoms with Gasteiger partial charge in [-0.25, -0.2) is 19.2 Å². The molecule has 0 aromatic rings. The highest BCUT2D eigenvalue weighted by Gasteiger charge is 2.25. The molecule has 0 aliphatic carbocycles. The van der Waals surface area contributed by atoms with Gasteiger partial charge in [0.25, 0.3) is 0 Å². The minimum absolute atomic E-state index is 0.0287. The second kappa shape index (κ2) is 7.21. The summed E-state index contributed by atoms with van der Waals surface area (Å²) in [6.07, 6.45) is -2.71. The third-order valence-electron chi connectivity index (χ3n) is 1.04. The molecule has 0 saturated heterocycles. The first kappa shape index (κ1) is 13.9. The summed E-state index contributed by atoms with van der Waals surface area (Å²) in [4.78, 5) is 42.7. The molecule has 0 fully saturated rings. The van der Waals surface area contributed by atoms with Gasteiger partial charge < -0.3 is 18.9 Å². The van der Waals surface area contributed by atoms with E-state index < -0.39 is 24.2 Å². The smallest absolute Gasteiger partial charge is 0.434 e. The molecule has 0 aliphatic rings. The van der Waals surface area contributed by atoms with E-state index in [2.05, 4.69) is 18.9 Å². The quantitative estimate of drug-likeness (QED) is 0.383. The van der Waals surface area contributed by atoms with Crippen LogP contribution < -0.4 is 0 Å². The van der Waals surface area contributed by atoms with Crippen molar-refractivity contribution in [3.8, 4) is 0 Å². The van der Waals surface area contributed by atoms with Crippen molar-refractivity contribution in [3.05, 3.63) is 0 Å². The molecule has 0 bridgehead atoms. The molecule has 0 unspecified atom stereocenters. The summed E-state index contributed by atoms with van der Waals surface area (Å²) >= 11 is 0. The fourth-order valence-corrected chi connectivity index (χ4v) is 0.529. The van der Waals surface area contributed by atoms with Crippen LogP contribution in [0.25, 0.3) is 0 Å². The second-order valence-corrected chi connectivity index (χ2v) is 2.15. The van der Waals surface area contributed by atoms with E-state index in [-0.39, 0.29) is 13.2 Å². The minimum Gasteiger partial charge on any atom is -0.434 e. The highest BCUT2D eigenvalue weighted by atomic mass is 16.8. The predicted molar refractivity (Wildman–Crippen MR) is 46.2 cm³/mol. The minimum atomic E-state index is -1.66. The Hall–Kier alpha value is -2.12. The van der Waals surface area contributed by atoms with E-state index in [0.717, 1.165) is 0 Å². The average Bonchev–Trinajstić information content (AvgIpc) is 2.17. The van der Waals surface area contributed by atoms with Crippen LogP contribution in [0.3, 0.4) is 0 Å². The average molecular weight is 234 g/mol. The van der Waals surface area contributed by atoms with Gasteiger partial charge in [-0.3, -0.25) is 0 Å². The van der Waals surface area contributed by atoms with Crippen LogP contribution in [0.5, 0.6) is 0 Å². The van der Waals surface area contributed by atoms with Crippen LogP contribution in [-0.2, 0) is 28.5 Å². The maximum absolute atomic E-state index is 10.8. The molecule has 8 heteroatoms. The summed E-state index contributed by atoms with van der Waals surface area (Å²) in [6, 6.07) is 0. The third-order valence-corrected chi connectivity index (χ3v) is 1.04. The molecule has 0 amide bonds. The van der Waals surface area contributed by atoms with Gasteiger partial charge in [-0.1, -0.05) is 0 Å². The van der Waals surface area contributed by atoms with Crippen molar-refractivity contribution in [1.29, 1.82) is 0 Å². The van der Waals surface area contributed by atoms with Crippen molar-refractivity contribution >= 4 is 24.2 Å². The molecule has 0 rings (SSSR count). The first-order chi connectivity index (χ1) is 7.51. The summed E-state index contributed by atoms with van der Waals surface area (Å²) < 4.78 is 16.1. The predicted octanol–water partition coefficient (Wildman–Crippen LogP) is 0.386. The molecule has 90 valence electrons. The molecule has 0 heterocycles. The Labute approximate surface area is 90.4 Å². The summed E-state index contributed by atoms with van der Waals surface area (Å²) in [6.45, 7) is 2.89. The number of hydrogen-bond donors (Lipinski definition) is 0. The Kier molecular flexibility index (Phi) is 6.25. The van der Waals surface area contributed by atoms with E-state index in [4.69, 9.17) is 0 Å². The maximum atomic E-state index is 10.8. The maximum Gasteiger partial charge on any atom is 0.516 e. The van der Waals surface area contributed by atoms with Crippen LogP contribution in [0.4, 0.5) is 9.59 Å². The van der Waals surface area contributed by atoms with E-state index in [0.29, 0.717) is 0 Å². The van der Waals surface area contributed by atoms with Crippen molar-refractivity contribution in [3.63, 3.8) is 0 Å². The van der Waals surface area contributed by atoms with E-state index in [9.17, 15) is 19.2 Å². The first-order valence-electron chi connectivity index (χ1n) is 4.28. The second-order valence-electron chi connectivity index (χ2n) is 2.15. The van der Waals surface area contributed by atoms with E-state index in [1.54, 1.807) is 0 Å². The molecule has 0 atom stereocenters. The Morgan fingerprint density at radius 2 is 1.06 bits per heavy atom. The molecule has 0 aliphatic heterocycles. The fraction of sp³-hybridized carbons (Fsp3) is 0.500. The van der Waals surface area contributed by atoms with Crippen molar-refractivity contribution in [2.75, 3.05) is 13.2 Å². The summed E-state index contributed by atoms with van der Waals surface area (Å²) in [7, 11) is 0. The van der Waals surface area contributed by atoms with Crippen molar-refractivity contribution in [2.45, 2.75) is 13.8 Å². The largest absolute Gasteiger partial charge is 0.516 e. The monoisotopic (exact) mass is 234 g/mol. The number of esters is 2. The molecular weight excluding hydrogens is 224 g/mol. The summed E-state index contributed by atoms with van der Waals surface area (Å²) in [5.74, 6) is -3.32. The SMILES string of the molecule is CCOC(=O)OC(=O)C(=O)OC(=O)OCC. The lowest BCUT2D eigenvalue weighted by atomic mass is 10.7. The molecule has 8 nitrogen and oxygen atoms in total. The van der Waals surface area contributed by atoms with E-state index in [1.165, 1.54) is 13.8 Å². The molecule has 0 N–H and O–H groups in total. The van der Waals surface area contributed by atoms with Crippen LogP contribution in [0.2, 0.25) is 0 Å². The van der Waals surface area contributed by atoms with Crippen molar-refractivity contribution in [1.82, 2.24) is 0 Å². The number of ether oxygens (including phenoxy) is 4. The normalized spacial score (nSPS) is 8.88. The van der Waals surface area contributed by atoms with Gasteiger partial charge >= 0.3 is 24.2 Å². The lowest BCUT2D eigenvalue weighted by Gasteiger charge is -2.02. The van der Waals surface area contributed by atoms with Crippen LogP contribution in [0.15, 0.2) is 0 Å². The number of carbonyl (C=O) groups is 4. The van der Waals surface area contributed by atoms with Gasteiger partial charge in [0.2, 0.25) is 0 Å². The van der Waals surface area contributed by atoms with E-state index in [1.807, 2.05) is 0 Å². The van der Waals surface area contributed by atoms with Gasteiger partial charge in [0, 0.05) is 0 Å². The van der Waals surface area contributed by atoms with Crippen LogP contribution in [0.1, 0.15) is 13.8 Å². The topological polar surface area (TPSA) is 105 Å². The lowest BCUT2D eigenvalue weighted by Crippen LogP contribution is -2.26. The zero-order valence-corrected chi connectivity index (χ0v) is 8.68. The lowest BCUT2D eigenvalue weighted by molar-refractivity contribution is -0.162. The van der Waals surface area contributed by atoms with Gasteiger partial charge in [0.1, 0.15) is 0 Å². The Morgan fingerprint density at radius 1 is 0.750 bits per heavy atom.